The highest BCUT2D eigenvalue weighted by molar-refractivity contribution is 4.60. The van der Waals surface area contributed by atoms with Gasteiger partial charge in [0, 0.05) is 0 Å². The number of nitrogens with two attached hydrogens (primary N) is 1. The lowest BCUT2D eigenvalue weighted by Crippen LogP contribution is -2.12. The van der Waals surface area contributed by atoms with E-state index in [0.29, 0.717) is 0 Å². The first-order chi connectivity index (χ1) is 5.74. The van der Waals surface area contributed by atoms with Gasteiger partial charge in [0.15, 0.2) is 0 Å². The van der Waals surface area contributed by atoms with E-state index in [1.165, 1.54) is 32.1 Å². The van der Waals surface area contributed by atoms with Gasteiger partial charge in [-0.05, 0) is 24.8 Å². The minimum absolute atomic E-state index is 0.718. The maximum atomic E-state index is 5.57. The van der Waals surface area contributed by atoms with E-state index in [4.69, 9.17) is 5.73 Å². The molecule has 0 radical (unpaired) electrons. The average molecular weight is 171 g/mol. The van der Waals surface area contributed by atoms with Crippen LogP contribution in [0.5, 0.6) is 0 Å². The molecule has 1 nitrogen and oxygen atoms in total. The predicted octanol–water partition coefficient (Wildman–Crippen LogP) is 3.19. The second-order valence-electron chi connectivity index (χ2n) is 3.98. The molecule has 12 heavy (non-hydrogen) atoms. The topological polar surface area (TPSA) is 26.0 Å². The van der Waals surface area contributed by atoms with Crippen molar-refractivity contribution in [3.63, 3.8) is 0 Å². The van der Waals surface area contributed by atoms with Gasteiger partial charge in [-0.1, -0.05) is 46.5 Å². The van der Waals surface area contributed by atoms with E-state index >= 15 is 0 Å². The van der Waals surface area contributed by atoms with E-state index in [1.54, 1.807) is 0 Å². The van der Waals surface area contributed by atoms with Crippen LogP contribution in [0.2, 0.25) is 0 Å². The van der Waals surface area contributed by atoms with Crippen molar-refractivity contribution in [2.24, 2.45) is 17.6 Å². The zero-order valence-electron chi connectivity index (χ0n) is 8.97. The summed E-state index contributed by atoms with van der Waals surface area (Å²) in [6.07, 6.45) is 6.76. The van der Waals surface area contributed by atoms with Crippen LogP contribution >= 0.6 is 0 Å². The summed E-state index contributed by atoms with van der Waals surface area (Å²) in [5.74, 6) is 1.67. The second kappa shape index (κ2) is 7.60. The van der Waals surface area contributed by atoms with E-state index in [1.807, 2.05) is 0 Å². The monoisotopic (exact) mass is 171 g/mol. The molecule has 1 heteroatoms. The molecule has 0 rings (SSSR count). The first-order valence-electron chi connectivity index (χ1n) is 5.44. The Morgan fingerprint density at radius 1 is 1.08 bits per heavy atom. The van der Waals surface area contributed by atoms with Crippen molar-refractivity contribution in [1.29, 1.82) is 0 Å². The predicted molar refractivity (Wildman–Crippen MR) is 56.1 cm³/mol. The van der Waals surface area contributed by atoms with Gasteiger partial charge in [-0.25, -0.2) is 0 Å². The molecule has 2 unspecified atom stereocenters. The Hall–Kier alpha value is -0.0400. The Morgan fingerprint density at radius 2 is 1.75 bits per heavy atom. The van der Waals surface area contributed by atoms with Crippen LogP contribution < -0.4 is 5.73 Å². The molecule has 0 aliphatic rings. The minimum atomic E-state index is 0.718. The van der Waals surface area contributed by atoms with Gasteiger partial charge in [-0.3, -0.25) is 0 Å². The molecule has 0 aromatic carbocycles. The highest BCUT2D eigenvalue weighted by atomic mass is 14.5. The molecule has 2 atom stereocenters. The Balaban J connectivity index is 3.43. The summed E-state index contributed by atoms with van der Waals surface area (Å²) in [4.78, 5) is 0. The fourth-order valence-corrected chi connectivity index (χ4v) is 1.60. The van der Waals surface area contributed by atoms with Gasteiger partial charge in [0.05, 0.1) is 0 Å². The lowest BCUT2D eigenvalue weighted by Gasteiger charge is -2.15. The van der Waals surface area contributed by atoms with Gasteiger partial charge in [0.1, 0.15) is 0 Å². The summed E-state index contributed by atoms with van der Waals surface area (Å²) in [5, 5.41) is 0. The Morgan fingerprint density at radius 3 is 2.17 bits per heavy atom. The van der Waals surface area contributed by atoms with Gasteiger partial charge in [-0.2, -0.15) is 0 Å². The van der Waals surface area contributed by atoms with Crippen molar-refractivity contribution in [2.45, 2.75) is 52.9 Å². The van der Waals surface area contributed by atoms with Crippen LogP contribution in [0.3, 0.4) is 0 Å². The number of hydrogen-bond donors (Lipinski definition) is 1. The third kappa shape index (κ3) is 5.59. The molecule has 0 spiro atoms. The lowest BCUT2D eigenvalue weighted by molar-refractivity contribution is 0.380. The van der Waals surface area contributed by atoms with Gasteiger partial charge >= 0.3 is 0 Å². The maximum Gasteiger partial charge on any atom is -0.00515 e. The SMILES string of the molecule is CCCC(CC)CCC(C)CN. The molecular formula is C11H25N. The molecule has 0 fully saturated rings. The molecule has 0 heterocycles. The average Bonchev–Trinajstić information content (AvgIpc) is 2.11. The van der Waals surface area contributed by atoms with Crippen LogP contribution in [0.1, 0.15) is 52.9 Å². The third-order valence-electron chi connectivity index (χ3n) is 2.74. The van der Waals surface area contributed by atoms with Gasteiger partial charge < -0.3 is 5.73 Å². The zero-order valence-corrected chi connectivity index (χ0v) is 8.97. The minimum Gasteiger partial charge on any atom is -0.330 e. The molecule has 0 saturated carbocycles. The van der Waals surface area contributed by atoms with Gasteiger partial charge in [0.25, 0.3) is 0 Å². The summed E-state index contributed by atoms with van der Waals surface area (Å²) < 4.78 is 0. The standard InChI is InChI=1S/C11H25N/c1-4-6-11(5-2)8-7-10(3)9-12/h10-11H,4-9,12H2,1-3H3. The molecular weight excluding hydrogens is 146 g/mol. The molecule has 0 bridgehead atoms. The van der Waals surface area contributed by atoms with Crippen LogP contribution in [0.15, 0.2) is 0 Å². The number of hydrogen-bond acceptors (Lipinski definition) is 1. The normalized spacial score (nSPS) is 16.0. The molecule has 0 saturated heterocycles. The molecule has 2 N–H and O–H groups in total. The maximum absolute atomic E-state index is 5.57. The van der Waals surface area contributed by atoms with Crippen molar-refractivity contribution in [3.8, 4) is 0 Å². The van der Waals surface area contributed by atoms with E-state index in [0.717, 1.165) is 18.4 Å². The fourth-order valence-electron chi connectivity index (χ4n) is 1.60. The molecule has 0 aromatic rings. The van der Waals surface area contributed by atoms with Crippen molar-refractivity contribution in [1.82, 2.24) is 0 Å². The second-order valence-corrected chi connectivity index (χ2v) is 3.98. The Bertz CT molecular complexity index is 91.0. The van der Waals surface area contributed by atoms with E-state index < -0.39 is 0 Å². The van der Waals surface area contributed by atoms with E-state index in [-0.39, 0.29) is 0 Å². The summed E-state index contributed by atoms with van der Waals surface area (Å²) in [5.41, 5.74) is 5.57. The quantitative estimate of drug-likeness (QED) is 0.625. The molecule has 0 aliphatic heterocycles. The Kier molecular flexibility index (Phi) is 7.58. The van der Waals surface area contributed by atoms with Crippen LogP contribution in [-0.4, -0.2) is 6.54 Å². The molecule has 74 valence electrons. The third-order valence-corrected chi connectivity index (χ3v) is 2.74. The largest absolute Gasteiger partial charge is 0.330 e. The van der Waals surface area contributed by atoms with Crippen molar-refractivity contribution >= 4 is 0 Å². The van der Waals surface area contributed by atoms with E-state index in [2.05, 4.69) is 20.8 Å². The van der Waals surface area contributed by atoms with Crippen LogP contribution in [0, 0.1) is 11.8 Å². The summed E-state index contributed by atoms with van der Waals surface area (Å²) in [6, 6.07) is 0. The van der Waals surface area contributed by atoms with Crippen molar-refractivity contribution in [2.75, 3.05) is 6.54 Å². The molecule has 0 aromatic heterocycles. The van der Waals surface area contributed by atoms with Crippen LogP contribution in [0.4, 0.5) is 0 Å². The van der Waals surface area contributed by atoms with Crippen molar-refractivity contribution < 1.29 is 0 Å². The summed E-state index contributed by atoms with van der Waals surface area (Å²) in [6.45, 7) is 7.67. The fraction of sp³-hybridized carbons (Fsp3) is 1.00. The first kappa shape index (κ1) is 12.0. The van der Waals surface area contributed by atoms with Crippen LogP contribution in [0.25, 0.3) is 0 Å². The van der Waals surface area contributed by atoms with Crippen LogP contribution in [-0.2, 0) is 0 Å². The van der Waals surface area contributed by atoms with Crippen molar-refractivity contribution in [3.05, 3.63) is 0 Å². The van der Waals surface area contributed by atoms with E-state index in [9.17, 15) is 0 Å². The smallest absolute Gasteiger partial charge is 0.00515 e. The molecule has 0 aliphatic carbocycles. The lowest BCUT2D eigenvalue weighted by atomic mass is 9.92. The molecule has 0 amide bonds. The Labute approximate surface area is 77.7 Å². The highest BCUT2D eigenvalue weighted by Gasteiger charge is 2.06. The number of rotatable bonds is 7. The summed E-state index contributed by atoms with van der Waals surface area (Å²) in [7, 11) is 0. The van der Waals surface area contributed by atoms with Gasteiger partial charge in [0.2, 0.25) is 0 Å². The van der Waals surface area contributed by atoms with Gasteiger partial charge in [-0.15, -0.1) is 0 Å². The first-order valence-corrected chi connectivity index (χ1v) is 5.44. The zero-order chi connectivity index (χ0) is 9.40. The highest BCUT2D eigenvalue weighted by Crippen LogP contribution is 2.19. The summed E-state index contributed by atoms with van der Waals surface area (Å²) >= 11 is 0.